The molecule has 3 aliphatic rings. The van der Waals surface area contributed by atoms with E-state index in [9.17, 15) is 5.11 Å². The molecule has 4 rings (SSSR count). The van der Waals surface area contributed by atoms with Crippen LogP contribution in [0.5, 0.6) is 11.5 Å². The Hall–Kier alpha value is -1.42. The number of benzene rings is 1. The normalized spacial score (nSPS) is 26.3. The quantitative estimate of drug-likeness (QED) is 0.607. The lowest BCUT2D eigenvalue weighted by Gasteiger charge is -2.33. The van der Waals surface area contributed by atoms with Crippen molar-refractivity contribution in [3.05, 3.63) is 23.8 Å². The molecule has 0 aromatic heterocycles. The predicted octanol–water partition coefficient (Wildman–Crippen LogP) is 0.675. The molecule has 1 aromatic rings. The number of nitrogens with zero attached hydrogens (tertiary/aromatic N) is 3. The molecule has 0 bridgehead atoms. The summed E-state index contributed by atoms with van der Waals surface area (Å²) in [6.07, 6.45) is 0.810. The fourth-order valence-electron chi connectivity index (χ4n) is 4.68. The third kappa shape index (κ3) is 6.54. The molecule has 31 heavy (non-hydrogen) atoms. The van der Waals surface area contributed by atoms with Gasteiger partial charge < -0.3 is 24.1 Å². The first-order chi connectivity index (χ1) is 15.1. The number of likely N-dealkylation sites (tertiary alicyclic amines) is 1. The average Bonchev–Trinajstić information content (AvgIpc) is 3.15. The fraction of sp³-hybridized carbons (Fsp3) is 0.739. The third-order valence-electron chi connectivity index (χ3n) is 6.44. The summed E-state index contributed by atoms with van der Waals surface area (Å²) in [7, 11) is 1.69. The third-order valence-corrected chi connectivity index (χ3v) is 6.44. The van der Waals surface area contributed by atoms with E-state index in [1.807, 2.05) is 6.07 Å². The van der Waals surface area contributed by atoms with Crippen LogP contribution in [0.2, 0.25) is 0 Å². The van der Waals surface area contributed by atoms with Gasteiger partial charge in [0, 0.05) is 58.9 Å². The Labute approximate surface area is 185 Å². The number of ether oxygens (including phenoxy) is 4. The van der Waals surface area contributed by atoms with Crippen LogP contribution < -0.4 is 9.47 Å². The smallest absolute Gasteiger partial charge is 0.161 e. The molecule has 0 saturated carbocycles. The Morgan fingerprint density at radius 1 is 0.935 bits per heavy atom. The highest BCUT2D eigenvalue weighted by Gasteiger charge is 2.37. The van der Waals surface area contributed by atoms with Gasteiger partial charge in [0.15, 0.2) is 11.5 Å². The van der Waals surface area contributed by atoms with Crippen LogP contribution in [0.15, 0.2) is 18.2 Å². The van der Waals surface area contributed by atoms with Crippen molar-refractivity contribution in [3.8, 4) is 11.5 Å². The molecule has 8 nitrogen and oxygen atoms in total. The largest absolute Gasteiger partial charge is 0.493 e. The molecular formula is C23H37N3O5. The Kier molecular flexibility index (Phi) is 8.03. The molecule has 3 fully saturated rings. The maximum atomic E-state index is 11.1. The second kappa shape index (κ2) is 10.9. The van der Waals surface area contributed by atoms with E-state index >= 15 is 0 Å². The van der Waals surface area contributed by atoms with Crippen LogP contribution in [0.3, 0.4) is 0 Å². The van der Waals surface area contributed by atoms with E-state index in [1.165, 1.54) is 5.56 Å². The van der Waals surface area contributed by atoms with Gasteiger partial charge >= 0.3 is 0 Å². The Morgan fingerprint density at radius 2 is 1.65 bits per heavy atom. The maximum absolute atomic E-state index is 11.1. The van der Waals surface area contributed by atoms with Gasteiger partial charge in [0.05, 0.1) is 39.1 Å². The number of β-amino-alcohol motifs (C(OH)–C–C–N with tert-alkyl or cyclic N) is 1. The average molecular weight is 436 g/mol. The highest BCUT2D eigenvalue weighted by atomic mass is 16.5. The second-order valence-corrected chi connectivity index (χ2v) is 8.86. The monoisotopic (exact) mass is 435 g/mol. The number of rotatable bonds is 9. The molecule has 3 heterocycles. The summed E-state index contributed by atoms with van der Waals surface area (Å²) >= 11 is 0. The molecule has 174 valence electrons. The van der Waals surface area contributed by atoms with Gasteiger partial charge in [-0.1, -0.05) is 6.07 Å². The van der Waals surface area contributed by atoms with Crippen molar-refractivity contribution < 1.29 is 24.1 Å². The minimum atomic E-state index is -0.635. The lowest BCUT2D eigenvalue weighted by molar-refractivity contribution is -0.0266. The van der Waals surface area contributed by atoms with Crippen molar-refractivity contribution in [3.63, 3.8) is 0 Å². The molecule has 0 amide bonds. The summed E-state index contributed by atoms with van der Waals surface area (Å²) in [5.41, 5.74) is 0.539. The minimum absolute atomic E-state index is 0.635. The molecule has 1 aromatic carbocycles. The van der Waals surface area contributed by atoms with Gasteiger partial charge in [0.1, 0.15) is 6.61 Å². The van der Waals surface area contributed by atoms with Crippen molar-refractivity contribution in [2.75, 3.05) is 92.5 Å². The zero-order chi connectivity index (χ0) is 21.5. The highest BCUT2D eigenvalue weighted by Crippen LogP contribution is 2.30. The standard InChI is InChI=1S/C23H37N3O5/c1-28-22-16-20(2-3-21(22)31-15-10-24-6-11-29-12-7-24)17-26-5-4-23(27,19-26)18-25-8-13-30-14-9-25/h2-3,16,27H,4-15,17-19H2,1H3/t23-/m0/s1. The van der Waals surface area contributed by atoms with E-state index in [2.05, 4.69) is 26.8 Å². The first-order valence-electron chi connectivity index (χ1n) is 11.5. The van der Waals surface area contributed by atoms with Gasteiger partial charge in [-0.3, -0.25) is 14.7 Å². The summed E-state index contributed by atoms with van der Waals surface area (Å²) in [6.45, 7) is 11.5. The molecule has 0 spiro atoms. The lowest BCUT2D eigenvalue weighted by atomic mass is 10.0. The van der Waals surface area contributed by atoms with Gasteiger partial charge in [-0.15, -0.1) is 0 Å². The van der Waals surface area contributed by atoms with Crippen molar-refractivity contribution >= 4 is 0 Å². The van der Waals surface area contributed by atoms with E-state index in [1.54, 1.807) is 7.11 Å². The molecule has 8 heteroatoms. The molecule has 0 radical (unpaired) electrons. The minimum Gasteiger partial charge on any atom is -0.493 e. The van der Waals surface area contributed by atoms with Gasteiger partial charge in [0.2, 0.25) is 0 Å². The van der Waals surface area contributed by atoms with Crippen LogP contribution >= 0.6 is 0 Å². The Morgan fingerprint density at radius 3 is 2.35 bits per heavy atom. The molecule has 0 aliphatic carbocycles. The number of hydrogen-bond donors (Lipinski definition) is 1. The number of aliphatic hydroxyl groups is 1. The predicted molar refractivity (Wildman–Crippen MR) is 118 cm³/mol. The van der Waals surface area contributed by atoms with E-state index in [0.717, 1.165) is 96.7 Å². The molecule has 1 atom stereocenters. The second-order valence-electron chi connectivity index (χ2n) is 8.86. The molecule has 3 aliphatic heterocycles. The van der Waals surface area contributed by atoms with E-state index in [4.69, 9.17) is 18.9 Å². The van der Waals surface area contributed by atoms with Crippen molar-refractivity contribution in [2.45, 2.75) is 18.6 Å². The molecule has 1 N–H and O–H groups in total. The molecule has 3 saturated heterocycles. The van der Waals surface area contributed by atoms with E-state index < -0.39 is 5.60 Å². The fourth-order valence-corrected chi connectivity index (χ4v) is 4.68. The Bertz CT molecular complexity index is 694. The van der Waals surface area contributed by atoms with Gasteiger partial charge in [-0.2, -0.15) is 0 Å². The van der Waals surface area contributed by atoms with Crippen molar-refractivity contribution in [1.82, 2.24) is 14.7 Å². The van der Waals surface area contributed by atoms with Crippen LogP contribution in [0, 0.1) is 0 Å². The topological polar surface area (TPSA) is 66.9 Å². The van der Waals surface area contributed by atoms with Crippen LogP contribution in [0.4, 0.5) is 0 Å². The van der Waals surface area contributed by atoms with Crippen molar-refractivity contribution in [2.24, 2.45) is 0 Å². The first kappa shape index (κ1) is 22.8. The summed E-state index contributed by atoms with van der Waals surface area (Å²) in [6, 6.07) is 6.17. The number of methoxy groups -OCH3 is 1. The van der Waals surface area contributed by atoms with Gasteiger partial charge in [0.25, 0.3) is 0 Å². The lowest BCUT2D eigenvalue weighted by Crippen LogP contribution is -2.48. The summed E-state index contributed by atoms with van der Waals surface area (Å²) in [5.74, 6) is 1.55. The van der Waals surface area contributed by atoms with Crippen LogP contribution in [0.1, 0.15) is 12.0 Å². The van der Waals surface area contributed by atoms with Gasteiger partial charge in [-0.05, 0) is 24.1 Å². The van der Waals surface area contributed by atoms with Crippen LogP contribution in [0.25, 0.3) is 0 Å². The number of morpholine rings is 2. The SMILES string of the molecule is COc1cc(CN2CC[C@](O)(CN3CCOCC3)C2)ccc1OCCN1CCOCC1. The van der Waals surface area contributed by atoms with Crippen LogP contribution in [-0.4, -0.2) is 118 Å². The zero-order valence-electron chi connectivity index (χ0n) is 18.8. The molecule has 0 unspecified atom stereocenters. The van der Waals surface area contributed by atoms with E-state index in [0.29, 0.717) is 13.2 Å². The number of hydrogen-bond acceptors (Lipinski definition) is 8. The van der Waals surface area contributed by atoms with E-state index in [-0.39, 0.29) is 0 Å². The highest BCUT2D eigenvalue weighted by molar-refractivity contribution is 5.43. The van der Waals surface area contributed by atoms with Crippen molar-refractivity contribution in [1.29, 1.82) is 0 Å². The summed E-state index contributed by atoms with van der Waals surface area (Å²) < 4.78 is 22.4. The Balaban J connectivity index is 1.26. The molecular weight excluding hydrogens is 398 g/mol. The van der Waals surface area contributed by atoms with Gasteiger partial charge in [-0.25, -0.2) is 0 Å². The zero-order valence-corrected chi connectivity index (χ0v) is 18.8. The first-order valence-corrected chi connectivity index (χ1v) is 11.5. The maximum Gasteiger partial charge on any atom is 0.161 e. The summed E-state index contributed by atoms with van der Waals surface area (Å²) in [4.78, 5) is 7.00. The summed E-state index contributed by atoms with van der Waals surface area (Å²) in [5, 5.41) is 11.1. The van der Waals surface area contributed by atoms with Crippen LogP contribution in [-0.2, 0) is 16.0 Å².